The largest absolute Gasteiger partial charge is 0.573 e. The molecule has 0 unspecified atom stereocenters. The molecule has 0 spiro atoms. The monoisotopic (exact) mass is 449 g/mol. The molecular formula is C8H3BrF6INO. The van der Waals surface area contributed by atoms with Crippen LogP contribution in [0.1, 0.15) is 11.3 Å². The first-order valence-electron chi connectivity index (χ1n) is 4.12. The summed E-state index contributed by atoms with van der Waals surface area (Å²) in [7, 11) is 0. The van der Waals surface area contributed by atoms with E-state index in [1.165, 1.54) is 22.6 Å². The Bertz CT molecular complexity index is 446. The number of hydrogen-bond donors (Lipinski definition) is 0. The summed E-state index contributed by atoms with van der Waals surface area (Å²) < 4.78 is 77.0. The molecule has 102 valence electrons. The molecule has 1 aromatic heterocycles. The van der Waals surface area contributed by atoms with Crippen molar-refractivity contribution < 1.29 is 31.1 Å². The maximum atomic E-state index is 12.5. The molecule has 18 heavy (non-hydrogen) atoms. The molecule has 0 aliphatic rings. The van der Waals surface area contributed by atoms with Gasteiger partial charge in [0.2, 0.25) is 0 Å². The molecule has 0 amide bonds. The lowest BCUT2D eigenvalue weighted by Crippen LogP contribution is -2.22. The fraction of sp³-hybridized carbons (Fsp3) is 0.375. The first kappa shape index (κ1) is 15.8. The molecule has 0 aliphatic heterocycles. The van der Waals surface area contributed by atoms with Crippen molar-refractivity contribution in [2.24, 2.45) is 0 Å². The van der Waals surface area contributed by atoms with E-state index in [9.17, 15) is 26.3 Å². The number of hydrogen-bond acceptors (Lipinski definition) is 2. The predicted molar refractivity (Wildman–Crippen MR) is 61.3 cm³/mol. The third kappa shape index (κ3) is 3.87. The highest BCUT2D eigenvalue weighted by atomic mass is 127. The van der Waals surface area contributed by atoms with Gasteiger partial charge < -0.3 is 4.74 Å². The van der Waals surface area contributed by atoms with Crippen molar-refractivity contribution in [3.05, 3.63) is 21.0 Å². The van der Waals surface area contributed by atoms with E-state index in [1.54, 1.807) is 0 Å². The van der Waals surface area contributed by atoms with Crippen LogP contribution in [0.5, 0.6) is 5.75 Å². The van der Waals surface area contributed by atoms with Gasteiger partial charge in [0.15, 0.2) is 11.4 Å². The van der Waals surface area contributed by atoms with Crippen LogP contribution in [0.4, 0.5) is 26.3 Å². The lowest BCUT2D eigenvalue weighted by Gasteiger charge is -2.17. The van der Waals surface area contributed by atoms with Crippen LogP contribution < -0.4 is 4.74 Å². The lowest BCUT2D eigenvalue weighted by atomic mass is 10.2. The Hall–Kier alpha value is -0.260. The van der Waals surface area contributed by atoms with Gasteiger partial charge in [0.25, 0.3) is 0 Å². The fourth-order valence-electron chi connectivity index (χ4n) is 1.01. The second kappa shape index (κ2) is 5.39. The van der Waals surface area contributed by atoms with Gasteiger partial charge in [-0.05, 0) is 28.2 Å². The van der Waals surface area contributed by atoms with Crippen LogP contribution in [0, 0.1) is 3.57 Å². The van der Waals surface area contributed by atoms with Crippen LogP contribution in [0.15, 0.2) is 6.20 Å². The molecule has 0 atom stereocenters. The van der Waals surface area contributed by atoms with Crippen molar-refractivity contribution in [1.82, 2.24) is 4.98 Å². The third-order valence-corrected chi connectivity index (χ3v) is 3.46. The van der Waals surface area contributed by atoms with E-state index >= 15 is 0 Å². The minimum Gasteiger partial charge on any atom is -0.402 e. The fourth-order valence-corrected chi connectivity index (χ4v) is 2.66. The van der Waals surface area contributed by atoms with E-state index in [0.717, 1.165) is 6.20 Å². The average molecular weight is 450 g/mol. The Balaban J connectivity index is 3.41. The standard InChI is InChI=1S/C8H3BrF6INO/c9-1-3-2-17-6(7(10,11)12)5(4(3)16)18-8(13,14)15/h2H,1H2. The summed E-state index contributed by atoms with van der Waals surface area (Å²) in [6.07, 6.45) is -9.39. The molecule has 0 radical (unpaired) electrons. The number of ether oxygens (including phenoxy) is 1. The minimum atomic E-state index is -5.22. The van der Waals surface area contributed by atoms with E-state index in [-0.39, 0.29) is 14.5 Å². The zero-order valence-electron chi connectivity index (χ0n) is 8.16. The Labute approximate surface area is 119 Å². The molecule has 0 fully saturated rings. The smallest absolute Gasteiger partial charge is 0.402 e. The molecule has 0 aliphatic carbocycles. The van der Waals surface area contributed by atoms with Crippen molar-refractivity contribution in [3.63, 3.8) is 0 Å². The van der Waals surface area contributed by atoms with Crippen molar-refractivity contribution in [2.45, 2.75) is 17.9 Å². The summed E-state index contributed by atoms with van der Waals surface area (Å²) >= 11 is 4.29. The van der Waals surface area contributed by atoms with Gasteiger partial charge in [-0.1, -0.05) is 15.9 Å². The SMILES string of the molecule is FC(F)(F)Oc1c(C(F)(F)F)ncc(CBr)c1I. The van der Waals surface area contributed by atoms with Gasteiger partial charge in [0, 0.05) is 11.5 Å². The van der Waals surface area contributed by atoms with E-state index in [4.69, 9.17) is 0 Å². The number of pyridine rings is 1. The average Bonchev–Trinajstić information content (AvgIpc) is 2.17. The lowest BCUT2D eigenvalue weighted by molar-refractivity contribution is -0.276. The molecule has 1 aromatic rings. The van der Waals surface area contributed by atoms with Crippen LogP contribution in [-0.2, 0) is 11.5 Å². The maximum absolute atomic E-state index is 12.5. The summed E-state index contributed by atoms with van der Waals surface area (Å²) in [6.45, 7) is 0. The summed E-state index contributed by atoms with van der Waals surface area (Å²) in [6, 6.07) is 0. The Morgan fingerprint density at radius 3 is 2.17 bits per heavy atom. The highest BCUT2D eigenvalue weighted by Gasteiger charge is 2.42. The number of alkyl halides is 7. The van der Waals surface area contributed by atoms with Gasteiger partial charge in [-0.15, -0.1) is 13.2 Å². The molecule has 0 saturated carbocycles. The third-order valence-electron chi connectivity index (χ3n) is 1.68. The van der Waals surface area contributed by atoms with Gasteiger partial charge in [-0.25, -0.2) is 4.98 Å². The van der Waals surface area contributed by atoms with Crippen molar-refractivity contribution in [1.29, 1.82) is 0 Å². The predicted octanol–water partition coefficient (Wildman–Crippen LogP) is 4.50. The molecule has 0 N–H and O–H groups in total. The summed E-state index contributed by atoms with van der Waals surface area (Å²) in [5.74, 6) is -1.33. The van der Waals surface area contributed by atoms with Gasteiger partial charge in [-0.3, -0.25) is 0 Å². The second-order valence-electron chi connectivity index (χ2n) is 2.95. The molecule has 0 aromatic carbocycles. The highest BCUT2D eigenvalue weighted by molar-refractivity contribution is 14.1. The Kier molecular flexibility index (Phi) is 4.73. The highest BCUT2D eigenvalue weighted by Crippen LogP contribution is 2.40. The van der Waals surface area contributed by atoms with Crippen molar-refractivity contribution in [3.8, 4) is 5.75 Å². The van der Waals surface area contributed by atoms with Crippen molar-refractivity contribution >= 4 is 38.5 Å². The zero-order valence-corrected chi connectivity index (χ0v) is 11.9. The summed E-state index contributed by atoms with van der Waals surface area (Å²) in [5.41, 5.74) is -1.53. The molecule has 1 rings (SSSR count). The van der Waals surface area contributed by atoms with Crippen LogP contribution >= 0.6 is 38.5 Å². The maximum Gasteiger partial charge on any atom is 0.573 e. The summed E-state index contributed by atoms with van der Waals surface area (Å²) in [5, 5.41) is 0.0601. The normalized spacial score (nSPS) is 12.7. The molecular weight excluding hydrogens is 447 g/mol. The number of aromatic nitrogens is 1. The second-order valence-corrected chi connectivity index (χ2v) is 4.59. The van der Waals surface area contributed by atoms with Crippen LogP contribution in [0.3, 0.4) is 0 Å². The van der Waals surface area contributed by atoms with Gasteiger partial charge >= 0.3 is 12.5 Å². The quantitative estimate of drug-likeness (QED) is 0.377. The van der Waals surface area contributed by atoms with E-state index in [2.05, 4.69) is 25.7 Å². The van der Waals surface area contributed by atoms with Crippen LogP contribution in [0.2, 0.25) is 0 Å². The molecule has 0 saturated heterocycles. The number of rotatable bonds is 2. The molecule has 1 heterocycles. The van der Waals surface area contributed by atoms with E-state index in [1.807, 2.05) is 0 Å². The number of halogens is 8. The topological polar surface area (TPSA) is 22.1 Å². The number of nitrogens with zero attached hydrogens (tertiary/aromatic N) is 1. The Morgan fingerprint density at radius 1 is 1.22 bits per heavy atom. The minimum absolute atomic E-state index is 0.0601. The van der Waals surface area contributed by atoms with Crippen LogP contribution in [-0.4, -0.2) is 11.3 Å². The van der Waals surface area contributed by atoms with E-state index in [0.29, 0.717) is 0 Å². The van der Waals surface area contributed by atoms with E-state index < -0.39 is 24.0 Å². The van der Waals surface area contributed by atoms with Crippen molar-refractivity contribution in [2.75, 3.05) is 0 Å². The van der Waals surface area contributed by atoms with Gasteiger partial charge in [-0.2, -0.15) is 13.2 Å². The first-order valence-corrected chi connectivity index (χ1v) is 6.32. The Morgan fingerprint density at radius 2 is 1.78 bits per heavy atom. The zero-order chi connectivity index (χ0) is 14.1. The van der Waals surface area contributed by atoms with Gasteiger partial charge in [0.05, 0.1) is 3.57 Å². The molecule has 0 bridgehead atoms. The molecule has 2 nitrogen and oxygen atoms in total. The van der Waals surface area contributed by atoms with Gasteiger partial charge in [0.1, 0.15) is 0 Å². The van der Waals surface area contributed by atoms with Crippen LogP contribution in [0.25, 0.3) is 0 Å². The summed E-state index contributed by atoms with van der Waals surface area (Å²) in [4.78, 5) is 2.98. The molecule has 10 heteroatoms. The first-order chi connectivity index (χ1) is 8.06.